The molecule has 1 unspecified atom stereocenters. The summed E-state index contributed by atoms with van der Waals surface area (Å²) in [6.45, 7) is 6.25. The number of anilines is 2. The summed E-state index contributed by atoms with van der Waals surface area (Å²) in [6.07, 6.45) is 0.233. The molecular weight excluding hydrogens is 434 g/mol. The molecule has 3 rings (SSSR count). The van der Waals surface area contributed by atoms with Gasteiger partial charge < -0.3 is 15.5 Å². The zero-order valence-corrected chi connectivity index (χ0v) is 18.2. The summed E-state index contributed by atoms with van der Waals surface area (Å²) in [6, 6.07) is 12.5. The van der Waals surface area contributed by atoms with Crippen molar-refractivity contribution in [3.63, 3.8) is 0 Å². The highest BCUT2D eigenvalue weighted by molar-refractivity contribution is 9.10. The van der Waals surface area contributed by atoms with Gasteiger partial charge in [0.15, 0.2) is 0 Å². The topological polar surface area (TPSA) is 78.5 Å². The predicted octanol–water partition coefficient (Wildman–Crippen LogP) is 4.21. The van der Waals surface area contributed by atoms with Gasteiger partial charge in [0.1, 0.15) is 0 Å². The van der Waals surface area contributed by atoms with E-state index in [9.17, 15) is 14.4 Å². The van der Waals surface area contributed by atoms with Gasteiger partial charge in [0.25, 0.3) is 5.91 Å². The van der Waals surface area contributed by atoms with E-state index in [1.54, 1.807) is 29.2 Å². The van der Waals surface area contributed by atoms with E-state index in [1.165, 1.54) is 0 Å². The Labute approximate surface area is 178 Å². The number of hydrogen-bond acceptors (Lipinski definition) is 3. The molecular formula is C22H24BrN3O3. The third kappa shape index (κ3) is 5.03. The molecule has 2 aromatic carbocycles. The van der Waals surface area contributed by atoms with Crippen LogP contribution in [0.4, 0.5) is 11.4 Å². The van der Waals surface area contributed by atoms with Crippen LogP contribution in [-0.2, 0) is 9.59 Å². The van der Waals surface area contributed by atoms with E-state index >= 15 is 0 Å². The third-order valence-corrected chi connectivity index (χ3v) is 5.50. The molecule has 2 N–H and O–H groups in total. The fourth-order valence-corrected chi connectivity index (χ4v) is 3.79. The Morgan fingerprint density at radius 3 is 2.38 bits per heavy atom. The molecule has 29 heavy (non-hydrogen) atoms. The maximum atomic E-state index is 12.5. The van der Waals surface area contributed by atoms with Gasteiger partial charge in [-0.25, -0.2) is 0 Å². The molecule has 152 valence electrons. The van der Waals surface area contributed by atoms with Gasteiger partial charge in [-0.15, -0.1) is 0 Å². The van der Waals surface area contributed by atoms with Gasteiger partial charge in [-0.1, -0.05) is 15.9 Å². The number of nitrogens with one attached hydrogen (secondary N) is 2. The molecule has 0 aromatic heterocycles. The molecule has 0 saturated carbocycles. The molecule has 7 heteroatoms. The quantitative estimate of drug-likeness (QED) is 0.705. The van der Waals surface area contributed by atoms with E-state index in [2.05, 4.69) is 26.6 Å². The number of amides is 3. The van der Waals surface area contributed by atoms with Crippen molar-refractivity contribution < 1.29 is 14.4 Å². The summed E-state index contributed by atoms with van der Waals surface area (Å²) in [5, 5.41) is 5.73. The number of nitrogens with zero attached hydrogens (tertiary/aromatic N) is 1. The van der Waals surface area contributed by atoms with Crippen molar-refractivity contribution in [1.82, 2.24) is 4.90 Å². The van der Waals surface area contributed by atoms with Gasteiger partial charge >= 0.3 is 0 Å². The van der Waals surface area contributed by atoms with E-state index in [0.717, 1.165) is 15.7 Å². The second-order valence-electron chi connectivity index (χ2n) is 7.52. The van der Waals surface area contributed by atoms with Crippen LogP contribution in [0.5, 0.6) is 0 Å². The number of carbonyl (C=O) groups is 3. The lowest BCUT2D eigenvalue weighted by Gasteiger charge is -2.20. The molecule has 3 amide bonds. The van der Waals surface area contributed by atoms with Crippen LogP contribution < -0.4 is 10.6 Å². The molecule has 0 radical (unpaired) electrons. The number of aryl methyl sites for hydroxylation is 1. The Balaban J connectivity index is 1.60. The van der Waals surface area contributed by atoms with E-state index < -0.39 is 0 Å². The number of rotatable bonds is 5. The maximum absolute atomic E-state index is 12.5. The van der Waals surface area contributed by atoms with Crippen LogP contribution in [0.15, 0.2) is 46.9 Å². The maximum Gasteiger partial charge on any atom is 0.255 e. The molecule has 1 aliphatic heterocycles. The lowest BCUT2D eigenvalue weighted by atomic mass is 10.1. The lowest BCUT2D eigenvalue weighted by Crippen LogP contribution is -2.33. The van der Waals surface area contributed by atoms with Crippen LogP contribution in [0.25, 0.3) is 0 Å². The fourth-order valence-electron chi connectivity index (χ4n) is 3.32. The highest BCUT2D eigenvalue weighted by Crippen LogP contribution is 2.23. The standard InChI is InChI=1S/C22H24BrN3O3/c1-13(2)26-12-16(11-20(26)27)22(29)24-18-7-4-15(5-8-18)21(28)25-19-9-6-17(23)10-14(19)3/h4-10,13,16H,11-12H2,1-3H3,(H,24,29)(H,25,28). The molecule has 1 saturated heterocycles. The van der Waals surface area contributed by atoms with Gasteiger partial charge in [0.05, 0.1) is 5.92 Å². The lowest BCUT2D eigenvalue weighted by molar-refractivity contribution is -0.129. The number of benzene rings is 2. The molecule has 0 spiro atoms. The Bertz CT molecular complexity index is 941. The number of likely N-dealkylation sites (tertiary alicyclic amines) is 1. The summed E-state index contributed by atoms with van der Waals surface area (Å²) in [5.41, 5.74) is 2.79. The average Bonchev–Trinajstić information content (AvgIpc) is 3.07. The summed E-state index contributed by atoms with van der Waals surface area (Å²) < 4.78 is 0.952. The van der Waals surface area contributed by atoms with Crippen molar-refractivity contribution in [2.24, 2.45) is 5.92 Å². The first kappa shape index (κ1) is 21.0. The van der Waals surface area contributed by atoms with Crippen LogP contribution >= 0.6 is 15.9 Å². The van der Waals surface area contributed by atoms with Crippen molar-refractivity contribution in [1.29, 1.82) is 0 Å². The Morgan fingerprint density at radius 2 is 1.79 bits per heavy atom. The van der Waals surface area contributed by atoms with E-state index in [0.29, 0.717) is 17.8 Å². The molecule has 2 aromatic rings. The van der Waals surface area contributed by atoms with Crippen LogP contribution in [0.2, 0.25) is 0 Å². The van der Waals surface area contributed by atoms with Gasteiger partial charge in [-0.3, -0.25) is 14.4 Å². The Morgan fingerprint density at radius 1 is 1.10 bits per heavy atom. The van der Waals surface area contributed by atoms with Crippen molar-refractivity contribution in [2.75, 3.05) is 17.2 Å². The minimum Gasteiger partial charge on any atom is -0.339 e. The monoisotopic (exact) mass is 457 g/mol. The normalized spacial score (nSPS) is 16.2. The molecule has 6 nitrogen and oxygen atoms in total. The summed E-state index contributed by atoms with van der Waals surface area (Å²) in [4.78, 5) is 38.7. The van der Waals surface area contributed by atoms with Gasteiger partial charge in [-0.05, 0) is 68.8 Å². The second kappa shape index (κ2) is 8.78. The smallest absolute Gasteiger partial charge is 0.255 e. The minimum absolute atomic E-state index is 0.00963. The molecule has 1 aliphatic rings. The number of hydrogen-bond donors (Lipinski definition) is 2. The van der Waals surface area contributed by atoms with E-state index in [4.69, 9.17) is 0 Å². The summed E-state index contributed by atoms with van der Waals surface area (Å²) in [7, 11) is 0. The zero-order chi connectivity index (χ0) is 21.1. The molecule has 0 aliphatic carbocycles. The second-order valence-corrected chi connectivity index (χ2v) is 8.44. The molecule has 1 atom stereocenters. The van der Waals surface area contributed by atoms with Gasteiger partial charge in [-0.2, -0.15) is 0 Å². The Kier molecular flexibility index (Phi) is 6.37. The van der Waals surface area contributed by atoms with Crippen molar-refractivity contribution >= 4 is 45.0 Å². The van der Waals surface area contributed by atoms with Crippen molar-refractivity contribution in [3.05, 3.63) is 58.1 Å². The first-order valence-corrected chi connectivity index (χ1v) is 10.3. The van der Waals surface area contributed by atoms with Crippen molar-refractivity contribution in [2.45, 2.75) is 33.2 Å². The largest absolute Gasteiger partial charge is 0.339 e. The predicted molar refractivity (Wildman–Crippen MR) is 117 cm³/mol. The third-order valence-electron chi connectivity index (χ3n) is 5.00. The Hall–Kier alpha value is -2.67. The van der Waals surface area contributed by atoms with Crippen LogP contribution in [0.3, 0.4) is 0 Å². The summed E-state index contributed by atoms with van der Waals surface area (Å²) in [5.74, 6) is -0.741. The average molecular weight is 458 g/mol. The van der Waals surface area contributed by atoms with Gasteiger partial charge in [0.2, 0.25) is 11.8 Å². The highest BCUT2D eigenvalue weighted by Gasteiger charge is 2.35. The fraction of sp³-hybridized carbons (Fsp3) is 0.318. The van der Waals surface area contributed by atoms with Crippen LogP contribution in [0.1, 0.15) is 36.2 Å². The first-order chi connectivity index (χ1) is 13.7. The van der Waals surface area contributed by atoms with Crippen LogP contribution in [0, 0.1) is 12.8 Å². The highest BCUT2D eigenvalue weighted by atomic mass is 79.9. The minimum atomic E-state index is -0.353. The van der Waals surface area contributed by atoms with Crippen LogP contribution in [-0.4, -0.2) is 35.2 Å². The SMILES string of the molecule is Cc1cc(Br)ccc1NC(=O)c1ccc(NC(=O)C2CC(=O)N(C(C)C)C2)cc1. The van der Waals surface area contributed by atoms with Gasteiger partial charge in [0, 0.05) is 40.4 Å². The van der Waals surface area contributed by atoms with E-state index in [-0.39, 0.29) is 36.1 Å². The van der Waals surface area contributed by atoms with Crippen molar-refractivity contribution in [3.8, 4) is 0 Å². The number of halogens is 1. The molecule has 0 bridgehead atoms. The number of carbonyl (C=O) groups excluding carboxylic acids is 3. The molecule has 1 heterocycles. The molecule has 1 fully saturated rings. The van der Waals surface area contributed by atoms with E-state index in [1.807, 2.05) is 39.0 Å². The zero-order valence-electron chi connectivity index (χ0n) is 16.7. The summed E-state index contributed by atoms with van der Waals surface area (Å²) >= 11 is 3.40. The first-order valence-electron chi connectivity index (χ1n) is 9.52.